The molecule has 1 atom stereocenters. The van der Waals surface area contributed by atoms with Crippen molar-refractivity contribution in [1.29, 1.82) is 0 Å². The minimum atomic E-state index is -0.146. The molecule has 2 N–H and O–H groups in total. The first-order valence-corrected chi connectivity index (χ1v) is 7.75. The van der Waals surface area contributed by atoms with Gasteiger partial charge < -0.3 is 15.2 Å². The van der Waals surface area contributed by atoms with E-state index in [4.69, 9.17) is 15.2 Å². The number of anilines is 1. The third-order valence-electron chi connectivity index (χ3n) is 3.53. The summed E-state index contributed by atoms with van der Waals surface area (Å²) in [5, 5.41) is -0.146. The number of nitrogen functional groups attached to an aromatic ring is 1. The second-order valence-electron chi connectivity index (χ2n) is 5.14. The Balaban J connectivity index is 2.17. The highest BCUT2D eigenvalue weighted by Gasteiger charge is 2.15. The predicted octanol–water partition coefficient (Wildman–Crippen LogP) is 2.68. The van der Waals surface area contributed by atoms with Gasteiger partial charge in [0.2, 0.25) is 5.95 Å². The van der Waals surface area contributed by atoms with E-state index in [0.717, 1.165) is 5.56 Å². The Kier molecular flexibility index (Phi) is 4.39. The maximum atomic E-state index is 5.73. The summed E-state index contributed by atoms with van der Waals surface area (Å²) in [7, 11) is 3.18. The van der Waals surface area contributed by atoms with Crippen molar-refractivity contribution in [3.05, 3.63) is 30.1 Å². The summed E-state index contributed by atoms with van der Waals surface area (Å²) in [4.78, 5) is 17.4. The first-order valence-electron chi connectivity index (χ1n) is 7.24. The fourth-order valence-electron chi connectivity index (χ4n) is 2.37. The lowest BCUT2D eigenvalue weighted by atomic mass is 10.1. The van der Waals surface area contributed by atoms with E-state index >= 15 is 0 Å². The Morgan fingerprint density at radius 1 is 1.08 bits per heavy atom. The summed E-state index contributed by atoms with van der Waals surface area (Å²) >= 11 is 4.44. The molecule has 24 heavy (non-hydrogen) atoms. The first-order chi connectivity index (χ1) is 11.5. The Morgan fingerprint density at radius 2 is 1.83 bits per heavy atom. The van der Waals surface area contributed by atoms with Gasteiger partial charge in [0, 0.05) is 10.8 Å². The van der Waals surface area contributed by atoms with Crippen LogP contribution in [-0.2, 0) is 0 Å². The average molecular weight is 343 g/mol. The molecule has 0 aliphatic rings. The van der Waals surface area contributed by atoms with E-state index < -0.39 is 0 Å². The molecule has 0 bridgehead atoms. The molecule has 0 saturated carbocycles. The lowest BCUT2D eigenvalue weighted by molar-refractivity contribution is 0.355. The molecule has 0 fully saturated rings. The fraction of sp³-hybridized carbons (Fsp3) is 0.250. The van der Waals surface area contributed by atoms with Crippen molar-refractivity contribution >= 4 is 29.7 Å². The Morgan fingerprint density at radius 3 is 2.50 bits per heavy atom. The molecule has 124 valence electrons. The van der Waals surface area contributed by atoms with Gasteiger partial charge >= 0.3 is 0 Å². The number of rotatable bonds is 4. The van der Waals surface area contributed by atoms with Gasteiger partial charge in [0.25, 0.3) is 0 Å². The number of fused-ring (bicyclic) bond motifs is 1. The lowest BCUT2D eigenvalue weighted by Crippen LogP contribution is -2.04. The number of hydrogen-bond donors (Lipinski definition) is 2. The summed E-state index contributed by atoms with van der Waals surface area (Å²) in [6, 6.07) is 5.55. The quantitative estimate of drug-likeness (QED) is 0.703. The van der Waals surface area contributed by atoms with Crippen LogP contribution in [0.1, 0.15) is 17.9 Å². The number of nitrogens with two attached hydrogens (primary N) is 1. The van der Waals surface area contributed by atoms with Gasteiger partial charge in [-0.1, -0.05) is 0 Å². The molecule has 0 aliphatic carbocycles. The van der Waals surface area contributed by atoms with E-state index in [0.29, 0.717) is 34.1 Å². The summed E-state index contributed by atoms with van der Waals surface area (Å²) in [6.07, 6.45) is 1.64. The molecule has 0 spiro atoms. The van der Waals surface area contributed by atoms with Crippen molar-refractivity contribution in [3.8, 4) is 22.8 Å². The number of thiol groups is 1. The van der Waals surface area contributed by atoms with E-state index in [2.05, 4.69) is 32.6 Å². The topological polar surface area (TPSA) is 96.0 Å². The van der Waals surface area contributed by atoms with Gasteiger partial charge in [0.1, 0.15) is 5.52 Å². The summed E-state index contributed by atoms with van der Waals surface area (Å²) in [5.74, 6) is 1.43. The number of benzene rings is 1. The molecule has 0 radical (unpaired) electrons. The van der Waals surface area contributed by atoms with Crippen LogP contribution in [0.25, 0.3) is 22.4 Å². The van der Waals surface area contributed by atoms with Gasteiger partial charge in [-0.15, -0.1) is 0 Å². The zero-order chi connectivity index (χ0) is 17.3. The summed E-state index contributed by atoms with van der Waals surface area (Å²) in [5.41, 5.74) is 8.92. The van der Waals surface area contributed by atoms with Crippen molar-refractivity contribution < 1.29 is 9.47 Å². The fourth-order valence-corrected chi connectivity index (χ4v) is 2.55. The van der Waals surface area contributed by atoms with Gasteiger partial charge in [-0.25, -0.2) is 15.0 Å². The predicted molar refractivity (Wildman–Crippen MR) is 95.5 cm³/mol. The summed E-state index contributed by atoms with van der Waals surface area (Å²) < 4.78 is 10.6. The minimum Gasteiger partial charge on any atom is -0.493 e. The molecule has 0 aliphatic heterocycles. The largest absolute Gasteiger partial charge is 0.493 e. The molecular weight excluding hydrogens is 326 g/mol. The number of ether oxygens (including phenoxy) is 2. The molecule has 0 saturated heterocycles. The number of nitrogens with zero attached hydrogens (tertiary/aromatic N) is 4. The van der Waals surface area contributed by atoms with Crippen LogP contribution in [0, 0.1) is 0 Å². The molecule has 0 amide bonds. The minimum absolute atomic E-state index is 0.146. The van der Waals surface area contributed by atoms with Crippen LogP contribution in [0.15, 0.2) is 24.4 Å². The second kappa shape index (κ2) is 6.48. The van der Waals surface area contributed by atoms with E-state index in [1.54, 1.807) is 20.4 Å². The normalized spacial score (nSPS) is 12.2. The maximum Gasteiger partial charge on any atom is 0.222 e. The van der Waals surface area contributed by atoms with E-state index in [1.807, 2.05) is 25.1 Å². The van der Waals surface area contributed by atoms with Crippen molar-refractivity contribution in [2.75, 3.05) is 20.0 Å². The molecule has 3 rings (SSSR count). The third-order valence-corrected chi connectivity index (χ3v) is 3.77. The third kappa shape index (κ3) is 2.92. The van der Waals surface area contributed by atoms with Crippen LogP contribution in [0.4, 0.5) is 5.95 Å². The maximum absolute atomic E-state index is 5.73. The molecule has 2 heterocycles. The molecule has 7 nitrogen and oxygen atoms in total. The van der Waals surface area contributed by atoms with E-state index in [9.17, 15) is 0 Å². The lowest BCUT2D eigenvalue weighted by Gasteiger charge is -2.11. The van der Waals surface area contributed by atoms with Gasteiger partial charge in [0.05, 0.1) is 31.8 Å². The van der Waals surface area contributed by atoms with Gasteiger partial charge in [-0.3, -0.25) is 0 Å². The van der Waals surface area contributed by atoms with E-state index in [-0.39, 0.29) is 11.2 Å². The zero-order valence-electron chi connectivity index (χ0n) is 13.5. The SMILES string of the molecule is COc1ccc(-c2cnc3nc(N)nc(C(C)S)c3n2)cc1OC. The highest BCUT2D eigenvalue weighted by molar-refractivity contribution is 7.80. The monoisotopic (exact) mass is 343 g/mol. The number of aromatic nitrogens is 4. The molecule has 1 unspecified atom stereocenters. The van der Waals surface area contributed by atoms with Gasteiger partial charge in [-0.2, -0.15) is 17.6 Å². The number of hydrogen-bond acceptors (Lipinski definition) is 8. The zero-order valence-corrected chi connectivity index (χ0v) is 14.4. The number of methoxy groups -OCH3 is 2. The van der Waals surface area contributed by atoms with Crippen molar-refractivity contribution in [1.82, 2.24) is 19.9 Å². The first kappa shape index (κ1) is 16.3. The van der Waals surface area contributed by atoms with Crippen LogP contribution in [0.5, 0.6) is 11.5 Å². The standard InChI is InChI=1S/C16H17N5O2S/c1-8(24)13-14-15(21-16(17)20-13)18-7-10(19-14)9-4-5-11(22-2)12(6-9)23-3/h4-8,24H,1-3H3,(H2,17,18,20,21). The average Bonchev–Trinajstić information content (AvgIpc) is 2.59. The van der Waals surface area contributed by atoms with Crippen molar-refractivity contribution in [2.24, 2.45) is 0 Å². The van der Waals surface area contributed by atoms with Crippen molar-refractivity contribution in [3.63, 3.8) is 0 Å². The smallest absolute Gasteiger partial charge is 0.222 e. The van der Waals surface area contributed by atoms with Crippen LogP contribution >= 0.6 is 12.6 Å². The van der Waals surface area contributed by atoms with Crippen LogP contribution in [0.2, 0.25) is 0 Å². The Bertz CT molecular complexity index is 901. The van der Waals surface area contributed by atoms with Gasteiger partial charge in [0.15, 0.2) is 17.1 Å². The highest BCUT2D eigenvalue weighted by Crippen LogP contribution is 2.32. The van der Waals surface area contributed by atoms with Crippen LogP contribution < -0.4 is 15.2 Å². The van der Waals surface area contributed by atoms with Crippen LogP contribution in [0.3, 0.4) is 0 Å². The van der Waals surface area contributed by atoms with Gasteiger partial charge in [-0.05, 0) is 25.1 Å². The summed E-state index contributed by atoms with van der Waals surface area (Å²) in [6.45, 7) is 1.90. The van der Waals surface area contributed by atoms with E-state index in [1.165, 1.54) is 0 Å². The molecular formula is C16H17N5O2S. The Hall–Kier alpha value is -2.61. The Labute approximate surface area is 144 Å². The molecule has 3 aromatic rings. The molecule has 1 aromatic carbocycles. The molecule has 2 aromatic heterocycles. The highest BCUT2D eigenvalue weighted by atomic mass is 32.1. The van der Waals surface area contributed by atoms with Crippen LogP contribution in [-0.4, -0.2) is 34.2 Å². The van der Waals surface area contributed by atoms with Crippen molar-refractivity contribution in [2.45, 2.75) is 12.2 Å². The second-order valence-corrected chi connectivity index (χ2v) is 5.91. The molecule has 8 heteroatoms.